The number of rotatable bonds is 7. The summed E-state index contributed by atoms with van der Waals surface area (Å²) in [5.74, 6) is 0.0801. The number of amides is 1. The number of carbonyl (C=O) groups is 1. The van der Waals surface area contributed by atoms with Crippen molar-refractivity contribution in [1.82, 2.24) is 10.2 Å². The molecule has 1 aromatic rings. The molecule has 0 heterocycles. The molecule has 0 saturated carbocycles. The van der Waals surface area contributed by atoms with Crippen LogP contribution in [0.5, 0.6) is 0 Å². The Kier molecular flexibility index (Phi) is 6.39. The molecule has 0 spiro atoms. The Hall–Kier alpha value is -1.39. The molecular formula is C14H23N3O. The zero-order valence-corrected chi connectivity index (χ0v) is 11.5. The maximum atomic E-state index is 11.8. The van der Waals surface area contributed by atoms with E-state index in [4.69, 9.17) is 0 Å². The first-order valence-corrected chi connectivity index (χ1v) is 6.30. The van der Waals surface area contributed by atoms with Crippen molar-refractivity contribution in [3.05, 3.63) is 29.8 Å². The molecule has 4 heteroatoms. The fourth-order valence-electron chi connectivity index (χ4n) is 1.76. The SMILES string of the molecule is CNCCCC(=O)Nc1ccccc1CN(C)C. The summed E-state index contributed by atoms with van der Waals surface area (Å²) in [6.45, 7) is 1.69. The number of carbonyl (C=O) groups excluding carboxylic acids is 1. The summed E-state index contributed by atoms with van der Waals surface area (Å²) < 4.78 is 0. The van der Waals surface area contributed by atoms with Crippen LogP contribution in [-0.2, 0) is 11.3 Å². The lowest BCUT2D eigenvalue weighted by Gasteiger charge is -2.14. The Bertz CT molecular complexity index is 377. The van der Waals surface area contributed by atoms with Gasteiger partial charge in [0.25, 0.3) is 0 Å². The largest absolute Gasteiger partial charge is 0.326 e. The number of anilines is 1. The Morgan fingerprint density at radius 1 is 1.28 bits per heavy atom. The van der Waals surface area contributed by atoms with Gasteiger partial charge in [0, 0.05) is 18.7 Å². The number of nitrogens with one attached hydrogen (secondary N) is 2. The highest BCUT2D eigenvalue weighted by molar-refractivity contribution is 5.91. The number of benzene rings is 1. The molecule has 1 aromatic carbocycles. The van der Waals surface area contributed by atoms with Crippen LogP contribution >= 0.6 is 0 Å². The first kappa shape index (κ1) is 14.7. The van der Waals surface area contributed by atoms with Gasteiger partial charge in [-0.3, -0.25) is 4.79 Å². The quantitative estimate of drug-likeness (QED) is 0.723. The van der Waals surface area contributed by atoms with Crippen LogP contribution in [0, 0.1) is 0 Å². The van der Waals surface area contributed by atoms with Crippen LogP contribution in [0.3, 0.4) is 0 Å². The van der Waals surface area contributed by atoms with Gasteiger partial charge in [0.1, 0.15) is 0 Å². The number of para-hydroxylation sites is 1. The van der Waals surface area contributed by atoms with E-state index in [0.29, 0.717) is 6.42 Å². The van der Waals surface area contributed by atoms with E-state index < -0.39 is 0 Å². The van der Waals surface area contributed by atoms with Crippen molar-refractivity contribution in [2.45, 2.75) is 19.4 Å². The third kappa shape index (κ3) is 5.29. The highest BCUT2D eigenvalue weighted by Crippen LogP contribution is 2.16. The molecule has 0 radical (unpaired) electrons. The van der Waals surface area contributed by atoms with E-state index in [1.165, 1.54) is 0 Å². The van der Waals surface area contributed by atoms with E-state index in [0.717, 1.165) is 30.8 Å². The lowest BCUT2D eigenvalue weighted by molar-refractivity contribution is -0.116. The van der Waals surface area contributed by atoms with E-state index >= 15 is 0 Å². The third-order valence-corrected chi connectivity index (χ3v) is 2.61. The molecule has 0 bridgehead atoms. The van der Waals surface area contributed by atoms with E-state index in [9.17, 15) is 4.79 Å². The van der Waals surface area contributed by atoms with Crippen LogP contribution in [0.25, 0.3) is 0 Å². The molecule has 0 saturated heterocycles. The van der Waals surface area contributed by atoms with Gasteiger partial charge in [-0.25, -0.2) is 0 Å². The van der Waals surface area contributed by atoms with Crippen molar-refractivity contribution in [3.63, 3.8) is 0 Å². The van der Waals surface area contributed by atoms with Gasteiger partial charge < -0.3 is 15.5 Å². The smallest absolute Gasteiger partial charge is 0.224 e. The van der Waals surface area contributed by atoms with Gasteiger partial charge in [-0.1, -0.05) is 18.2 Å². The van der Waals surface area contributed by atoms with Gasteiger partial charge in [0.2, 0.25) is 5.91 Å². The molecule has 100 valence electrons. The van der Waals surface area contributed by atoms with E-state index in [1.54, 1.807) is 0 Å². The first-order valence-electron chi connectivity index (χ1n) is 6.30. The topological polar surface area (TPSA) is 44.4 Å². The Labute approximate surface area is 109 Å². The Balaban J connectivity index is 2.57. The molecule has 1 rings (SSSR count). The fourth-order valence-corrected chi connectivity index (χ4v) is 1.76. The molecule has 0 aliphatic rings. The van der Waals surface area contributed by atoms with Crippen LogP contribution in [0.2, 0.25) is 0 Å². The normalized spacial score (nSPS) is 10.7. The number of hydrogen-bond acceptors (Lipinski definition) is 3. The molecule has 2 N–H and O–H groups in total. The van der Waals surface area contributed by atoms with Gasteiger partial charge in [-0.05, 0) is 45.7 Å². The summed E-state index contributed by atoms with van der Waals surface area (Å²) in [7, 11) is 5.93. The molecule has 18 heavy (non-hydrogen) atoms. The standard InChI is InChI=1S/C14H23N3O/c1-15-10-6-9-14(18)16-13-8-5-4-7-12(13)11-17(2)3/h4-5,7-8,15H,6,9-11H2,1-3H3,(H,16,18). The molecule has 4 nitrogen and oxygen atoms in total. The molecule has 0 aliphatic heterocycles. The van der Waals surface area contributed by atoms with E-state index in [-0.39, 0.29) is 5.91 Å². The minimum Gasteiger partial charge on any atom is -0.326 e. The summed E-state index contributed by atoms with van der Waals surface area (Å²) in [4.78, 5) is 13.9. The lowest BCUT2D eigenvalue weighted by atomic mass is 10.1. The lowest BCUT2D eigenvalue weighted by Crippen LogP contribution is -2.17. The van der Waals surface area contributed by atoms with Crippen LogP contribution in [0.1, 0.15) is 18.4 Å². The zero-order chi connectivity index (χ0) is 13.4. The van der Waals surface area contributed by atoms with E-state index in [2.05, 4.69) is 15.5 Å². The second-order valence-electron chi connectivity index (χ2n) is 4.65. The fraction of sp³-hybridized carbons (Fsp3) is 0.500. The monoisotopic (exact) mass is 249 g/mol. The second kappa shape index (κ2) is 7.84. The minimum atomic E-state index is 0.0801. The van der Waals surface area contributed by atoms with Gasteiger partial charge >= 0.3 is 0 Å². The third-order valence-electron chi connectivity index (χ3n) is 2.61. The van der Waals surface area contributed by atoms with Crippen molar-refractivity contribution in [2.24, 2.45) is 0 Å². The highest BCUT2D eigenvalue weighted by atomic mass is 16.1. The molecule has 0 aromatic heterocycles. The van der Waals surface area contributed by atoms with Crippen LogP contribution < -0.4 is 10.6 Å². The number of nitrogens with zero attached hydrogens (tertiary/aromatic N) is 1. The molecule has 0 atom stereocenters. The van der Waals surface area contributed by atoms with Crippen molar-refractivity contribution >= 4 is 11.6 Å². The highest BCUT2D eigenvalue weighted by Gasteiger charge is 2.06. The zero-order valence-electron chi connectivity index (χ0n) is 11.5. The second-order valence-corrected chi connectivity index (χ2v) is 4.65. The average Bonchev–Trinajstić information content (AvgIpc) is 2.31. The Morgan fingerprint density at radius 3 is 2.67 bits per heavy atom. The molecule has 0 unspecified atom stereocenters. The van der Waals surface area contributed by atoms with Gasteiger partial charge in [0.05, 0.1) is 0 Å². The van der Waals surface area contributed by atoms with E-state index in [1.807, 2.05) is 45.4 Å². The maximum absolute atomic E-state index is 11.8. The van der Waals surface area contributed by atoms with Gasteiger partial charge in [-0.2, -0.15) is 0 Å². The summed E-state index contributed by atoms with van der Waals surface area (Å²) >= 11 is 0. The van der Waals surface area contributed by atoms with Crippen LogP contribution in [-0.4, -0.2) is 38.5 Å². The van der Waals surface area contributed by atoms with Crippen molar-refractivity contribution < 1.29 is 4.79 Å². The predicted molar refractivity (Wildman–Crippen MR) is 75.6 cm³/mol. The van der Waals surface area contributed by atoms with Crippen molar-refractivity contribution in [3.8, 4) is 0 Å². The maximum Gasteiger partial charge on any atom is 0.224 e. The molecule has 0 fully saturated rings. The van der Waals surface area contributed by atoms with Gasteiger partial charge in [-0.15, -0.1) is 0 Å². The summed E-state index contributed by atoms with van der Waals surface area (Å²) in [5.41, 5.74) is 2.06. The molecule has 1 amide bonds. The van der Waals surface area contributed by atoms with Crippen molar-refractivity contribution in [1.29, 1.82) is 0 Å². The summed E-state index contributed by atoms with van der Waals surface area (Å²) in [5, 5.41) is 6.02. The number of hydrogen-bond donors (Lipinski definition) is 2. The predicted octanol–water partition coefficient (Wildman–Crippen LogP) is 1.69. The molecule has 0 aliphatic carbocycles. The van der Waals surface area contributed by atoms with Crippen molar-refractivity contribution in [2.75, 3.05) is 33.0 Å². The van der Waals surface area contributed by atoms with Crippen LogP contribution in [0.4, 0.5) is 5.69 Å². The molecular weight excluding hydrogens is 226 g/mol. The summed E-state index contributed by atoms with van der Waals surface area (Å²) in [6.07, 6.45) is 1.41. The average molecular weight is 249 g/mol. The Morgan fingerprint density at radius 2 is 2.00 bits per heavy atom. The van der Waals surface area contributed by atoms with Gasteiger partial charge in [0.15, 0.2) is 0 Å². The first-order chi connectivity index (χ1) is 8.63. The minimum absolute atomic E-state index is 0.0801. The summed E-state index contributed by atoms with van der Waals surface area (Å²) in [6, 6.07) is 7.94. The van der Waals surface area contributed by atoms with Crippen LogP contribution in [0.15, 0.2) is 24.3 Å².